The lowest BCUT2D eigenvalue weighted by Crippen LogP contribution is -2.42. The first kappa shape index (κ1) is 18.5. The number of fused-ring (bicyclic) bond motifs is 1. The number of likely N-dealkylation sites (tertiary alicyclic amines) is 1. The van der Waals surface area contributed by atoms with Gasteiger partial charge in [0.2, 0.25) is 0 Å². The number of nitrogens with one attached hydrogen (secondary N) is 2. The minimum absolute atomic E-state index is 0.0232. The van der Waals surface area contributed by atoms with Crippen molar-refractivity contribution in [3.63, 3.8) is 0 Å². The Hall–Kier alpha value is -2.82. The Kier molecular flexibility index (Phi) is 4.84. The molecule has 2 amide bonds. The Morgan fingerprint density at radius 3 is 2.57 bits per heavy atom. The van der Waals surface area contributed by atoms with Gasteiger partial charge in [0.25, 0.3) is 0 Å². The molecule has 0 radical (unpaired) electrons. The molecule has 0 aliphatic carbocycles. The van der Waals surface area contributed by atoms with E-state index in [0.29, 0.717) is 6.54 Å². The lowest BCUT2D eigenvalue weighted by molar-refractivity contribution is 0.191. The van der Waals surface area contributed by atoms with E-state index in [2.05, 4.69) is 36.3 Å². The lowest BCUT2D eigenvalue weighted by Gasteiger charge is -2.32. The fourth-order valence-electron chi connectivity index (χ4n) is 4.07. The van der Waals surface area contributed by atoms with E-state index >= 15 is 0 Å². The molecule has 0 bridgehead atoms. The van der Waals surface area contributed by atoms with Crippen molar-refractivity contribution in [2.24, 2.45) is 0 Å². The van der Waals surface area contributed by atoms with Crippen molar-refractivity contribution in [1.29, 1.82) is 0 Å². The topological polar surface area (TPSA) is 61.0 Å². The van der Waals surface area contributed by atoms with Gasteiger partial charge in [-0.3, -0.25) is 0 Å². The number of benzene rings is 2. The van der Waals surface area contributed by atoms with Crippen molar-refractivity contribution in [1.82, 2.24) is 14.9 Å². The van der Waals surface area contributed by atoms with Gasteiger partial charge in [0, 0.05) is 24.7 Å². The first-order chi connectivity index (χ1) is 13.4. The maximum absolute atomic E-state index is 12.9. The summed E-state index contributed by atoms with van der Waals surface area (Å²) in [6, 6.07) is 10.3. The number of amides is 2. The number of nitrogens with zero attached hydrogens (tertiary/aromatic N) is 2. The smallest absolute Gasteiger partial charge is 0.321 e. The highest BCUT2D eigenvalue weighted by molar-refractivity contribution is 5.91. The Morgan fingerprint density at radius 2 is 1.82 bits per heavy atom. The van der Waals surface area contributed by atoms with Gasteiger partial charge in [-0.25, -0.2) is 9.78 Å². The van der Waals surface area contributed by atoms with Crippen LogP contribution in [0.2, 0.25) is 0 Å². The number of carbonyl (C=O) groups is 1. The summed E-state index contributed by atoms with van der Waals surface area (Å²) in [5.41, 5.74) is 7.70. The summed E-state index contributed by atoms with van der Waals surface area (Å²) >= 11 is 0. The second kappa shape index (κ2) is 7.30. The van der Waals surface area contributed by atoms with E-state index in [0.717, 1.165) is 53.1 Å². The van der Waals surface area contributed by atoms with Gasteiger partial charge < -0.3 is 15.2 Å². The Morgan fingerprint density at radius 1 is 1.11 bits per heavy atom. The molecule has 1 aliphatic rings. The monoisotopic (exact) mass is 376 g/mol. The van der Waals surface area contributed by atoms with Gasteiger partial charge in [0.05, 0.1) is 11.0 Å². The van der Waals surface area contributed by atoms with Crippen molar-refractivity contribution < 1.29 is 4.79 Å². The number of hydrogen-bond donors (Lipinski definition) is 2. The van der Waals surface area contributed by atoms with Gasteiger partial charge in [-0.1, -0.05) is 18.2 Å². The molecule has 2 heterocycles. The number of rotatable bonds is 2. The van der Waals surface area contributed by atoms with E-state index in [1.807, 2.05) is 36.9 Å². The number of aromatic nitrogens is 2. The molecule has 0 spiro atoms. The third-order valence-electron chi connectivity index (χ3n) is 5.92. The second-order valence-corrected chi connectivity index (χ2v) is 8.06. The molecule has 5 heteroatoms. The van der Waals surface area contributed by atoms with Crippen LogP contribution in [0.4, 0.5) is 10.5 Å². The van der Waals surface area contributed by atoms with E-state index in [1.165, 1.54) is 11.1 Å². The van der Waals surface area contributed by atoms with Gasteiger partial charge in [0.1, 0.15) is 5.82 Å². The van der Waals surface area contributed by atoms with E-state index in [4.69, 9.17) is 4.98 Å². The molecule has 4 rings (SSSR count). The molecule has 1 aromatic heterocycles. The molecular formula is C23H28N4O. The van der Waals surface area contributed by atoms with Crippen LogP contribution in [-0.2, 0) is 0 Å². The third kappa shape index (κ3) is 3.49. The summed E-state index contributed by atoms with van der Waals surface area (Å²) in [5, 5.41) is 3.12. The SMILES string of the molecule is Cc1cc2nc(C3CCCN(C(=O)Nc4c(C)cccc4C)C3)[nH]c2cc1C. The van der Waals surface area contributed by atoms with E-state index in [9.17, 15) is 4.79 Å². The highest BCUT2D eigenvalue weighted by atomic mass is 16.2. The van der Waals surface area contributed by atoms with Crippen LogP contribution in [0.25, 0.3) is 11.0 Å². The van der Waals surface area contributed by atoms with Crippen LogP contribution < -0.4 is 5.32 Å². The quantitative estimate of drug-likeness (QED) is 0.645. The summed E-state index contributed by atoms with van der Waals surface area (Å²) < 4.78 is 0. The number of imidazole rings is 1. The molecule has 2 aromatic carbocycles. The zero-order chi connectivity index (χ0) is 19.8. The summed E-state index contributed by atoms with van der Waals surface area (Å²) in [6.07, 6.45) is 2.03. The molecule has 5 nitrogen and oxygen atoms in total. The van der Waals surface area contributed by atoms with Crippen LogP contribution in [-0.4, -0.2) is 34.0 Å². The molecule has 1 aliphatic heterocycles. The van der Waals surface area contributed by atoms with E-state index < -0.39 is 0 Å². The Labute approximate surface area is 166 Å². The van der Waals surface area contributed by atoms with Gasteiger partial charge >= 0.3 is 6.03 Å². The summed E-state index contributed by atoms with van der Waals surface area (Å²) in [4.78, 5) is 23.1. The number of para-hydroxylation sites is 1. The Balaban J connectivity index is 1.52. The van der Waals surface area contributed by atoms with Crippen LogP contribution in [0, 0.1) is 27.7 Å². The predicted octanol–water partition coefficient (Wildman–Crippen LogP) is 5.21. The van der Waals surface area contributed by atoms with Crippen molar-refractivity contribution in [2.75, 3.05) is 18.4 Å². The highest BCUT2D eigenvalue weighted by Crippen LogP contribution is 2.28. The predicted molar refractivity (Wildman–Crippen MR) is 114 cm³/mol. The van der Waals surface area contributed by atoms with Crippen molar-refractivity contribution in [3.8, 4) is 0 Å². The Bertz CT molecular complexity index is 977. The fraction of sp³-hybridized carbons (Fsp3) is 0.391. The van der Waals surface area contributed by atoms with Crippen LogP contribution in [0.3, 0.4) is 0 Å². The number of anilines is 1. The third-order valence-corrected chi connectivity index (χ3v) is 5.92. The number of H-pyrrole nitrogens is 1. The van der Waals surface area contributed by atoms with Crippen molar-refractivity contribution >= 4 is 22.8 Å². The summed E-state index contributed by atoms with van der Waals surface area (Å²) in [6.45, 7) is 9.76. The van der Waals surface area contributed by atoms with Crippen molar-refractivity contribution in [3.05, 3.63) is 58.4 Å². The second-order valence-electron chi connectivity index (χ2n) is 8.06. The zero-order valence-electron chi connectivity index (χ0n) is 17.1. The van der Waals surface area contributed by atoms with Gasteiger partial charge in [-0.15, -0.1) is 0 Å². The minimum Gasteiger partial charge on any atom is -0.342 e. The molecule has 1 fully saturated rings. The minimum atomic E-state index is -0.0232. The largest absolute Gasteiger partial charge is 0.342 e. The normalized spacial score (nSPS) is 17.1. The average molecular weight is 377 g/mol. The molecule has 146 valence electrons. The summed E-state index contributed by atoms with van der Waals surface area (Å²) in [7, 11) is 0. The molecule has 3 aromatic rings. The van der Waals surface area contributed by atoms with Gasteiger partial charge in [-0.2, -0.15) is 0 Å². The van der Waals surface area contributed by atoms with Crippen LogP contribution >= 0.6 is 0 Å². The first-order valence-electron chi connectivity index (χ1n) is 10.0. The van der Waals surface area contributed by atoms with Gasteiger partial charge in [0.15, 0.2) is 0 Å². The average Bonchev–Trinajstić information content (AvgIpc) is 3.08. The van der Waals surface area contributed by atoms with Gasteiger partial charge in [-0.05, 0) is 74.9 Å². The number of piperidine rings is 1. The number of aromatic amines is 1. The standard InChI is InChI=1S/C23H28N4O/c1-14-7-5-8-15(2)21(14)26-23(28)27-10-6-9-18(13-27)22-24-19-11-16(3)17(4)12-20(19)25-22/h5,7-8,11-12,18H,6,9-10,13H2,1-4H3,(H,24,25)(H,26,28). The summed E-state index contributed by atoms with van der Waals surface area (Å²) in [5.74, 6) is 1.23. The van der Waals surface area contributed by atoms with Crippen LogP contribution in [0.15, 0.2) is 30.3 Å². The number of urea groups is 1. The number of aryl methyl sites for hydroxylation is 4. The van der Waals surface area contributed by atoms with E-state index in [1.54, 1.807) is 0 Å². The van der Waals surface area contributed by atoms with E-state index in [-0.39, 0.29) is 11.9 Å². The lowest BCUT2D eigenvalue weighted by atomic mass is 9.97. The molecule has 2 N–H and O–H groups in total. The maximum Gasteiger partial charge on any atom is 0.321 e. The molecule has 1 unspecified atom stereocenters. The zero-order valence-corrected chi connectivity index (χ0v) is 17.1. The number of hydrogen-bond acceptors (Lipinski definition) is 2. The number of carbonyl (C=O) groups excluding carboxylic acids is 1. The first-order valence-corrected chi connectivity index (χ1v) is 10.0. The van der Waals surface area contributed by atoms with Crippen LogP contribution in [0.1, 0.15) is 46.8 Å². The molecular weight excluding hydrogens is 348 g/mol. The fourth-order valence-corrected chi connectivity index (χ4v) is 4.07. The molecule has 0 saturated carbocycles. The molecule has 1 saturated heterocycles. The molecule has 1 atom stereocenters. The molecule has 28 heavy (non-hydrogen) atoms. The van der Waals surface area contributed by atoms with Crippen molar-refractivity contribution in [2.45, 2.75) is 46.5 Å². The van der Waals surface area contributed by atoms with Crippen LogP contribution in [0.5, 0.6) is 0 Å². The maximum atomic E-state index is 12.9. The highest BCUT2D eigenvalue weighted by Gasteiger charge is 2.27.